The molecule has 3 nitrogen and oxygen atoms in total. The molecule has 0 saturated carbocycles. The molecule has 0 spiro atoms. The molecule has 1 fully saturated rings. The van der Waals surface area contributed by atoms with Gasteiger partial charge in [0, 0.05) is 0 Å². The summed E-state index contributed by atoms with van der Waals surface area (Å²) in [6.07, 6.45) is 10.2. The zero-order valence-corrected chi connectivity index (χ0v) is 11.2. The summed E-state index contributed by atoms with van der Waals surface area (Å²) in [7, 11) is 0. The molecule has 0 aromatic rings. The first-order valence-corrected chi connectivity index (χ1v) is 7.24. The van der Waals surface area contributed by atoms with Crippen molar-refractivity contribution in [2.75, 3.05) is 13.2 Å². The molecule has 1 unspecified atom stereocenters. The van der Waals surface area contributed by atoms with Crippen molar-refractivity contribution in [2.24, 2.45) is 0 Å². The van der Waals surface area contributed by atoms with E-state index in [4.69, 9.17) is 9.47 Å². The van der Waals surface area contributed by atoms with Crippen molar-refractivity contribution in [3.63, 3.8) is 0 Å². The van der Waals surface area contributed by atoms with Gasteiger partial charge in [0.2, 0.25) is 0 Å². The van der Waals surface area contributed by atoms with Crippen molar-refractivity contribution in [1.29, 1.82) is 0 Å². The topological polar surface area (TPSA) is 38.7 Å². The smallest absolute Gasteiger partial charge is 0.157 e. The van der Waals surface area contributed by atoms with Crippen LogP contribution in [-0.2, 0) is 9.47 Å². The quantitative estimate of drug-likeness (QED) is 0.599. The fourth-order valence-electron chi connectivity index (χ4n) is 2.27. The molecule has 1 rings (SSSR count). The first-order valence-electron chi connectivity index (χ1n) is 7.24. The number of hydrogen-bond acceptors (Lipinski definition) is 3. The van der Waals surface area contributed by atoms with Gasteiger partial charge in [0.05, 0.1) is 19.3 Å². The fourth-order valence-corrected chi connectivity index (χ4v) is 2.27. The van der Waals surface area contributed by atoms with Gasteiger partial charge >= 0.3 is 0 Å². The number of ether oxygens (including phenoxy) is 2. The highest BCUT2D eigenvalue weighted by atomic mass is 16.7. The van der Waals surface area contributed by atoms with Crippen LogP contribution in [0.4, 0.5) is 0 Å². The fraction of sp³-hybridized carbons (Fsp3) is 1.00. The van der Waals surface area contributed by atoms with Crippen molar-refractivity contribution in [2.45, 2.75) is 77.1 Å². The van der Waals surface area contributed by atoms with E-state index >= 15 is 0 Å². The molecule has 0 radical (unpaired) electrons. The predicted molar refractivity (Wildman–Crippen MR) is 68.9 cm³/mol. The third kappa shape index (κ3) is 7.74. The van der Waals surface area contributed by atoms with Crippen molar-refractivity contribution < 1.29 is 14.6 Å². The van der Waals surface area contributed by atoms with Gasteiger partial charge in [-0.25, -0.2) is 0 Å². The van der Waals surface area contributed by atoms with E-state index < -0.39 is 0 Å². The third-order valence-corrected chi connectivity index (χ3v) is 3.29. The molecule has 17 heavy (non-hydrogen) atoms. The maximum absolute atomic E-state index is 9.56. The second-order valence-corrected chi connectivity index (χ2v) is 4.96. The summed E-state index contributed by atoms with van der Waals surface area (Å²) in [4.78, 5) is 0. The van der Waals surface area contributed by atoms with E-state index in [-0.39, 0.29) is 12.4 Å². The standard InChI is InChI=1S/C14H28O3/c1-2-8-13(15)9-6-4-3-5-7-10-14-16-11-12-17-14/h13-15H,2-12H2,1H3. The molecule has 1 aliphatic heterocycles. The van der Waals surface area contributed by atoms with Gasteiger partial charge in [-0.15, -0.1) is 0 Å². The van der Waals surface area contributed by atoms with Gasteiger partial charge in [-0.3, -0.25) is 0 Å². The van der Waals surface area contributed by atoms with E-state index in [1.165, 1.54) is 25.7 Å². The summed E-state index contributed by atoms with van der Waals surface area (Å²) in [6.45, 7) is 3.65. The molecule has 1 atom stereocenters. The number of unbranched alkanes of at least 4 members (excludes halogenated alkanes) is 4. The van der Waals surface area contributed by atoms with Crippen molar-refractivity contribution in [3.8, 4) is 0 Å². The number of hydrogen-bond donors (Lipinski definition) is 1. The van der Waals surface area contributed by atoms with Crippen LogP contribution < -0.4 is 0 Å². The Labute approximate surface area is 105 Å². The number of aliphatic hydroxyl groups excluding tert-OH is 1. The molecule has 102 valence electrons. The lowest BCUT2D eigenvalue weighted by Gasteiger charge is -2.09. The third-order valence-electron chi connectivity index (χ3n) is 3.29. The first-order chi connectivity index (χ1) is 8.33. The Kier molecular flexibility index (Phi) is 8.67. The molecule has 1 saturated heterocycles. The molecule has 1 N–H and O–H groups in total. The van der Waals surface area contributed by atoms with Gasteiger partial charge in [-0.1, -0.05) is 39.0 Å². The van der Waals surface area contributed by atoms with Crippen LogP contribution >= 0.6 is 0 Å². The highest BCUT2D eigenvalue weighted by molar-refractivity contribution is 4.56. The summed E-state index contributed by atoms with van der Waals surface area (Å²) >= 11 is 0. The Bertz CT molecular complexity index is 167. The minimum atomic E-state index is -0.0692. The normalized spacial score (nSPS) is 18.7. The Balaban J connectivity index is 1.77. The van der Waals surface area contributed by atoms with Crippen LogP contribution in [0.15, 0.2) is 0 Å². The van der Waals surface area contributed by atoms with E-state index in [0.29, 0.717) is 0 Å². The molecule has 3 heteroatoms. The largest absolute Gasteiger partial charge is 0.393 e. The number of aliphatic hydroxyl groups is 1. The lowest BCUT2D eigenvalue weighted by atomic mass is 10.0. The Hall–Kier alpha value is -0.120. The van der Waals surface area contributed by atoms with Crippen LogP contribution in [0.2, 0.25) is 0 Å². The summed E-state index contributed by atoms with van der Waals surface area (Å²) < 4.78 is 10.8. The van der Waals surface area contributed by atoms with Crippen LogP contribution in [0, 0.1) is 0 Å². The molecule has 0 aromatic carbocycles. The van der Waals surface area contributed by atoms with Gasteiger partial charge in [0.15, 0.2) is 6.29 Å². The zero-order chi connectivity index (χ0) is 12.3. The Morgan fingerprint density at radius 3 is 2.35 bits per heavy atom. The maximum atomic E-state index is 9.56. The summed E-state index contributed by atoms with van der Waals surface area (Å²) in [5.74, 6) is 0. The maximum Gasteiger partial charge on any atom is 0.157 e. The molecule has 0 aromatic heterocycles. The van der Waals surface area contributed by atoms with Crippen molar-refractivity contribution >= 4 is 0 Å². The molecule has 1 heterocycles. The van der Waals surface area contributed by atoms with Crippen LogP contribution in [0.5, 0.6) is 0 Å². The molecule has 1 aliphatic rings. The van der Waals surface area contributed by atoms with Gasteiger partial charge in [-0.2, -0.15) is 0 Å². The molecule has 0 bridgehead atoms. The van der Waals surface area contributed by atoms with Crippen molar-refractivity contribution in [1.82, 2.24) is 0 Å². The van der Waals surface area contributed by atoms with Gasteiger partial charge in [0.25, 0.3) is 0 Å². The summed E-state index contributed by atoms with van der Waals surface area (Å²) in [5.41, 5.74) is 0. The Morgan fingerprint density at radius 1 is 1.00 bits per heavy atom. The highest BCUT2D eigenvalue weighted by Gasteiger charge is 2.14. The number of rotatable bonds is 10. The molecular weight excluding hydrogens is 216 g/mol. The lowest BCUT2D eigenvalue weighted by molar-refractivity contribution is -0.0480. The molecule has 0 aliphatic carbocycles. The second-order valence-electron chi connectivity index (χ2n) is 4.96. The first kappa shape index (κ1) is 14.9. The molecular formula is C14H28O3. The summed E-state index contributed by atoms with van der Waals surface area (Å²) in [5, 5.41) is 9.56. The van der Waals surface area contributed by atoms with Crippen molar-refractivity contribution in [3.05, 3.63) is 0 Å². The van der Waals surface area contributed by atoms with Crippen LogP contribution in [0.3, 0.4) is 0 Å². The summed E-state index contributed by atoms with van der Waals surface area (Å²) in [6, 6.07) is 0. The highest BCUT2D eigenvalue weighted by Crippen LogP contribution is 2.15. The van der Waals surface area contributed by atoms with E-state index in [1.807, 2.05) is 0 Å². The minimum absolute atomic E-state index is 0.0692. The van der Waals surface area contributed by atoms with Gasteiger partial charge < -0.3 is 14.6 Å². The van der Waals surface area contributed by atoms with Crippen LogP contribution in [0.1, 0.15) is 64.7 Å². The average Bonchev–Trinajstić information content (AvgIpc) is 2.81. The van der Waals surface area contributed by atoms with E-state index in [0.717, 1.165) is 45.3 Å². The minimum Gasteiger partial charge on any atom is -0.393 e. The Morgan fingerprint density at radius 2 is 1.65 bits per heavy atom. The second kappa shape index (κ2) is 9.86. The predicted octanol–water partition coefficient (Wildman–Crippen LogP) is 3.25. The zero-order valence-electron chi connectivity index (χ0n) is 11.2. The molecule has 0 amide bonds. The van der Waals surface area contributed by atoms with E-state index in [2.05, 4.69) is 6.92 Å². The van der Waals surface area contributed by atoms with E-state index in [9.17, 15) is 5.11 Å². The SMILES string of the molecule is CCCC(O)CCCCCCCC1OCCO1. The lowest BCUT2D eigenvalue weighted by Crippen LogP contribution is -2.06. The van der Waals surface area contributed by atoms with E-state index in [1.54, 1.807) is 0 Å². The van der Waals surface area contributed by atoms with Gasteiger partial charge in [-0.05, 0) is 25.7 Å². The van der Waals surface area contributed by atoms with Crippen LogP contribution in [-0.4, -0.2) is 30.7 Å². The monoisotopic (exact) mass is 244 g/mol. The van der Waals surface area contributed by atoms with Gasteiger partial charge in [0.1, 0.15) is 0 Å². The van der Waals surface area contributed by atoms with Crippen LogP contribution in [0.25, 0.3) is 0 Å². The average molecular weight is 244 g/mol.